The number of aliphatic hydroxyl groups is 3. The van der Waals surface area contributed by atoms with Gasteiger partial charge in [0.15, 0.2) is 0 Å². The fourth-order valence-corrected chi connectivity index (χ4v) is 1.32. The first-order valence-corrected chi connectivity index (χ1v) is 11.4. The third-order valence-electron chi connectivity index (χ3n) is 2.94. The van der Waals surface area contributed by atoms with E-state index in [0.29, 0.717) is 31.7 Å². The molecular weight excluding hydrogens is 414 g/mol. The molecule has 0 unspecified atom stereocenters. The Morgan fingerprint density at radius 1 is 0.531 bits per heavy atom. The molecule has 0 fully saturated rings. The zero-order chi connectivity index (χ0) is 24.8. The maximum Gasteiger partial charge on any atom is 0.0662 e. The Kier molecular flexibility index (Phi) is 73.6. The van der Waals surface area contributed by atoms with Gasteiger partial charge in [-0.1, -0.05) is 55.4 Å². The van der Waals surface area contributed by atoms with Crippen molar-refractivity contribution in [1.29, 1.82) is 0 Å². The van der Waals surface area contributed by atoms with Crippen molar-refractivity contribution in [1.82, 2.24) is 10.6 Å². The van der Waals surface area contributed by atoms with Gasteiger partial charge in [0.1, 0.15) is 0 Å². The average molecular weight is 478 g/mol. The van der Waals surface area contributed by atoms with Crippen LogP contribution in [0.5, 0.6) is 0 Å². The Balaban J connectivity index is -0.0000000509. The van der Waals surface area contributed by atoms with Gasteiger partial charge in [0.2, 0.25) is 0 Å². The first-order chi connectivity index (χ1) is 14.0. The molecule has 0 rings (SSSR count). The van der Waals surface area contributed by atoms with E-state index in [1.807, 2.05) is 0 Å². The summed E-state index contributed by atoms with van der Waals surface area (Å²) in [4.78, 5) is 0. The highest BCUT2D eigenvalue weighted by Gasteiger charge is 1.94. The summed E-state index contributed by atoms with van der Waals surface area (Å²) in [7, 11) is 0. The summed E-state index contributed by atoms with van der Waals surface area (Å²) in [6.45, 7) is 21.5. The van der Waals surface area contributed by atoms with Crippen LogP contribution >= 0.6 is 0 Å². The van der Waals surface area contributed by atoms with E-state index in [4.69, 9.17) is 32.5 Å². The van der Waals surface area contributed by atoms with Gasteiger partial charge in [-0.15, -0.1) is 0 Å². The predicted molar refractivity (Wildman–Crippen MR) is 141 cm³/mol. The first kappa shape index (κ1) is 48.9. The van der Waals surface area contributed by atoms with Gasteiger partial charge in [-0.2, -0.15) is 0 Å². The van der Waals surface area contributed by atoms with Crippen molar-refractivity contribution in [3.05, 3.63) is 0 Å². The number of nitrogens with two attached hydrogens (primary N) is 3. The first-order valence-electron chi connectivity index (χ1n) is 11.4. The Bertz CT molecular complexity index is 201. The van der Waals surface area contributed by atoms with Crippen LogP contribution in [0.1, 0.15) is 68.2 Å². The van der Waals surface area contributed by atoms with E-state index in [2.05, 4.69) is 66.0 Å². The summed E-state index contributed by atoms with van der Waals surface area (Å²) in [5.41, 5.74) is 14.6. The fraction of sp³-hybridized carbons (Fsp3) is 1.00. The van der Waals surface area contributed by atoms with Gasteiger partial charge < -0.3 is 54.1 Å². The molecule has 0 atom stereocenters. The molecule has 0 aliphatic carbocycles. The van der Waals surface area contributed by atoms with Gasteiger partial charge in [0.05, 0.1) is 19.8 Å². The second-order valence-electron chi connectivity index (χ2n) is 8.12. The molecule has 0 aliphatic heterocycles. The van der Waals surface area contributed by atoms with Gasteiger partial charge in [-0.3, -0.25) is 0 Å². The monoisotopic (exact) mass is 477 g/mol. The number of hydrogen-bond acceptors (Lipinski definition) is 8. The van der Waals surface area contributed by atoms with E-state index in [-0.39, 0.29) is 30.8 Å². The fourth-order valence-electron chi connectivity index (χ4n) is 1.32. The molecule has 10 heteroatoms. The van der Waals surface area contributed by atoms with E-state index in [1.165, 1.54) is 12.8 Å². The molecule has 0 aromatic heterocycles. The summed E-state index contributed by atoms with van der Waals surface area (Å²) in [6, 6.07) is 1.28. The molecule has 0 spiro atoms. The van der Waals surface area contributed by atoms with Gasteiger partial charge >= 0.3 is 0 Å². The average Bonchev–Trinajstić information content (AvgIpc) is 2.68. The number of rotatable bonds is 11. The highest BCUT2D eigenvalue weighted by Crippen LogP contribution is 1.97. The summed E-state index contributed by atoms with van der Waals surface area (Å²) in [6.07, 6.45) is 2.58. The van der Waals surface area contributed by atoms with Crippen LogP contribution in [0.4, 0.5) is 0 Å². The van der Waals surface area contributed by atoms with Crippen LogP contribution in [-0.4, -0.2) is 90.9 Å². The zero-order valence-corrected chi connectivity index (χ0v) is 22.5. The Labute approximate surface area is 199 Å². The summed E-state index contributed by atoms with van der Waals surface area (Å²) in [5.74, 6) is 1.66. The lowest BCUT2D eigenvalue weighted by molar-refractivity contribution is 0.186. The standard InChI is InChI=1S/2C8H19N.C2H8N2.C2H7NO.C2H6O2.2H2O/c2*1-7(2)5-6-9-8(3)4;3*3-1-2-4;;/h2*7-9H,5-6H2,1-4H3;1-4H2;4H,1-3H2;3-4H,1-2H2;2*1H2. The Hall–Kier alpha value is -0.400. The lowest BCUT2D eigenvalue weighted by atomic mass is 10.1. The van der Waals surface area contributed by atoms with Crippen molar-refractivity contribution in [2.24, 2.45) is 29.0 Å². The van der Waals surface area contributed by atoms with Crippen LogP contribution in [0.3, 0.4) is 0 Å². The minimum Gasteiger partial charge on any atom is -0.412 e. The van der Waals surface area contributed by atoms with E-state index in [0.717, 1.165) is 24.9 Å². The van der Waals surface area contributed by atoms with E-state index in [1.54, 1.807) is 0 Å². The van der Waals surface area contributed by atoms with Crippen LogP contribution in [0.2, 0.25) is 0 Å². The molecule has 10 nitrogen and oxygen atoms in total. The SMILES string of the molecule is CC(C)CCNC(C)C.CC(C)CCNC(C)C.NCCN.NCCO.O.O.OCCO. The van der Waals surface area contributed by atoms with Crippen molar-refractivity contribution < 1.29 is 26.3 Å². The minimum absolute atomic E-state index is 0. The van der Waals surface area contributed by atoms with E-state index >= 15 is 0 Å². The molecule has 0 saturated heterocycles. The van der Waals surface area contributed by atoms with Crippen molar-refractivity contribution in [3.63, 3.8) is 0 Å². The molecule has 0 amide bonds. The van der Waals surface area contributed by atoms with Gasteiger partial charge in [0, 0.05) is 31.7 Å². The highest BCUT2D eigenvalue weighted by molar-refractivity contribution is 4.54. The Morgan fingerprint density at radius 3 is 0.875 bits per heavy atom. The summed E-state index contributed by atoms with van der Waals surface area (Å²) < 4.78 is 0. The molecule has 0 saturated carbocycles. The molecule has 0 aromatic rings. The second kappa shape index (κ2) is 48.1. The van der Waals surface area contributed by atoms with Crippen molar-refractivity contribution >= 4 is 0 Å². The molecule has 0 heterocycles. The van der Waals surface area contributed by atoms with Gasteiger partial charge in [0.25, 0.3) is 0 Å². The predicted octanol–water partition coefficient (Wildman–Crippen LogP) is -0.776. The number of aliphatic hydroxyl groups excluding tert-OH is 3. The maximum atomic E-state index is 7.75. The maximum absolute atomic E-state index is 7.75. The molecule has 0 aromatic carbocycles. The van der Waals surface area contributed by atoms with E-state index < -0.39 is 0 Å². The molecule has 32 heavy (non-hydrogen) atoms. The van der Waals surface area contributed by atoms with E-state index in [9.17, 15) is 0 Å². The summed E-state index contributed by atoms with van der Waals surface area (Å²) >= 11 is 0. The molecule has 15 N–H and O–H groups in total. The lowest BCUT2D eigenvalue weighted by Gasteiger charge is -2.08. The number of hydrogen-bond donors (Lipinski definition) is 8. The lowest BCUT2D eigenvalue weighted by Crippen LogP contribution is -2.24. The van der Waals surface area contributed by atoms with Crippen molar-refractivity contribution in [2.45, 2.75) is 80.3 Å². The molecule has 206 valence electrons. The quantitative estimate of drug-likeness (QED) is 0.188. The highest BCUT2D eigenvalue weighted by atomic mass is 16.3. The summed E-state index contributed by atoms with van der Waals surface area (Å²) in [5, 5.41) is 29.8. The van der Waals surface area contributed by atoms with Gasteiger partial charge in [-0.25, -0.2) is 0 Å². The van der Waals surface area contributed by atoms with Crippen molar-refractivity contribution in [2.75, 3.05) is 52.5 Å². The normalized spacial score (nSPS) is 9.19. The third-order valence-corrected chi connectivity index (χ3v) is 2.94. The van der Waals surface area contributed by atoms with Crippen molar-refractivity contribution in [3.8, 4) is 0 Å². The largest absolute Gasteiger partial charge is 0.412 e. The molecule has 0 bridgehead atoms. The van der Waals surface area contributed by atoms with Crippen LogP contribution in [0.25, 0.3) is 0 Å². The van der Waals surface area contributed by atoms with Gasteiger partial charge in [-0.05, 0) is 37.8 Å². The number of nitrogens with one attached hydrogen (secondary N) is 2. The van der Waals surface area contributed by atoms with Crippen LogP contribution < -0.4 is 27.8 Å². The molecule has 0 radical (unpaired) electrons. The Morgan fingerprint density at radius 2 is 0.781 bits per heavy atom. The molecule has 0 aliphatic rings. The zero-order valence-electron chi connectivity index (χ0n) is 22.5. The molecular formula is C22H63N5O5. The van der Waals surface area contributed by atoms with Crippen LogP contribution in [0.15, 0.2) is 0 Å². The smallest absolute Gasteiger partial charge is 0.0662 e. The van der Waals surface area contributed by atoms with Crippen LogP contribution in [-0.2, 0) is 0 Å². The topological polar surface area (TPSA) is 226 Å². The minimum atomic E-state index is -0.125. The van der Waals surface area contributed by atoms with Crippen LogP contribution in [0, 0.1) is 11.8 Å². The second-order valence-corrected chi connectivity index (χ2v) is 8.12. The third kappa shape index (κ3) is 114.